The molecule has 0 saturated heterocycles. The molecule has 0 aliphatic rings. The van der Waals surface area contributed by atoms with Crippen molar-refractivity contribution in [3.8, 4) is 0 Å². The summed E-state index contributed by atoms with van der Waals surface area (Å²) >= 11 is 0. The van der Waals surface area contributed by atoms with Gasteiger partial charge in [0.25, 0.3) is 0 Å². The van der Waals surface area contributed by atoms with E-state index in [2.05, 4.69) is 5.32 Å². The number of amides is 1. The van der Waals surface area contributed by atoms with Crippen LogP contribution in [0.5, 0.6) is 0 Å². The molecule has 0 bridgehead atoms. The van der Waals surface area contributed by atoms with Crippen LogP contribution in [0.15, 0.2) is 0 Å². The minimum absolute atomic E-state index is 0.0350. The van der Waals surface area contributed by atoms with Crippen molar-refractivity contribution < 1.29 is 44.7 Å². The molecule has 0 aliphatic carbocycles. The van der Waals surface area contributed by atoms with Crippen molar-refractivity contribution >= 4 is 23.8 Å². The van der Waals surface area contributed by atoms with Crippen molar-refractivity contribution in [1.82, 2.24) is 5.32 Å². The second-order valence-corrected chi connectivity index (χ2v) is 5.53. The Kier molecular flexibility index (Phi) is 11.3. The smallest absolute Gasteiger partial charge is 0.321 e. The molecule has 0 radical (unpaired) electrons. The summed E-state index contributed by atoms with van der Waals surface area (Å²) in [5.74, 6) is -4.19. The lowest BCUT2D eigenvalue weighted by Crippen LogP contribution is -2.45. The summed E-state index contributed by atoms with van der Waals surface area (Å²) in [6.45, 7) is 2.70. The number of hydrogen-bond donors (Lipinski definition) is 7. The van der Waals surface area contributed by atoms with Crippen molar-refractivity contribution in [2.24, 2.45) is 11.1 Å². The molecular formula is C13H24N2O9. The minimum atomic E-state index is -1.35. The van der Waals surface area contributed by atoms with Crippen molar-refractivity contribution in [2.45, 2.75) is 38.8 Å². The van der Waals surface area contributed by atoms with E-state index >= 15 is 0 Å². The van der Waals surface area contributed by atoms with Gasteiger partial charge in [-0.1, -0.05) is 13.8 Å². The number of nitrogens with two attached hydrogens (primary N) is 1. The summed E-state index contributed by atoms with van der Waals surface area (Å²) in [4.78, 5) is 41.0. The van der Waals surface area contributed by atoms with E-state index in [1.165, 1.54) is 13.8 Å². The Morgan fingerprint density at radius 1 is 1.08 bits per heavy atom. The van der Waals surface area contributed by atoms with E-state index in [-0.39, 0.29) is 19.6 Å². The second kappa shape index (κ2) is 11.3. The number of rotatable bonds is 9. The average Bonchev–Trinajstić information content (AvgIpc) is 2.45. The zero-order chi connectivity index (χ0) is 19.5. The predicted octanol–water partition coefficient (Wildman–Crippen LogP) is -2.17. The summed E-state index contributed by atoms with van der Waals surface area (Å²) in [6, 6.07) is -1.29. The van der Waals surface area contributed by atoms with Gasteiger partial charge in [-0.15, -0.1) is 0 Å². The number of carboxylic acid groups (broad SMARTS) is 3. The van der Waals surface area contributed by atoms with Gasteiger partial charge < -0.3 is 36.6 Å². The van der Waals surface area contributed by atoms with Crippen LogP contribution in [-0.4, -0.2) is 74.6 Å². The molecule has 0 aliphatic heterocycles. The van der Waals surface area contributed by atoms with Crippen molar-refractivity contribution in [3.63, 3.8) is 0 Å². The minimum Gasteiger partial charge on any atom is -0.481 e. The molecule has 0 spiro atoms. The molecule has 140 valence electrons. The van der Waals surface area contributed by atoms with Crippen LogP contribution in [0.25, 0.3) is 0 Å². The summed E-state index contributed by atoms with van der Waals surface area (Å²) in [5, 5.41) is 45.0. The molecule has 24 heavy (non-hydrogen) atoms. The Morgan fingerprint density at radius 3 is 1.88 bits per heavy atom. The quantitative estimate of drug-likeness (QED) is 0.239. The highest BCUT2D eigenvalue weighted by molar-refractivity contribution is 5.81. The highest BCUT2D eigenvalue weighted by Crippen LogP contribution is 2.19. The number of aliphatic hydroxyl groups is 2. The molecule has 0 aromatic heterocycles. The van der Waals surface area contributed by atoms with Gasteiger partial charge >= 0.3 is 17.9 Å². The lowest BCUT2D eigenvalue weighted by Gasteiger charge is -2.26. The monoisotopic (exact) mass is 352 g/mol. The van der Waals surface area contributed by atoms with E-state index in [1.807, 2.05) is 0 Å². The molecule has 0 unspecified atom stereocenters. The van der Waals surface area contributed by atoms with Crippen LogP contribution in [0.2, 0.25) is 0 Å². The molecule has 0 aromatic rings. The number of carbonyl (C=O) groups excluding carboxylic acids is 1. The number of hydrogen-bond acceptors (Lipinski definition) is 7. The Balaban J connectivity index is 0. The molecule has 0 saturated carbocycles. The van der Waals surface area contributed by atoms with Gasteiger partial charge in [-0.3, -0.25) is 19.2 Å². The van der Waals surface area contributed by atoms with Crippen LogP contribution in [-0.2, 0) is 19.2 Å². The first-order chi connectivity index (χ1) is 10.8. The molecule has 2 atom stereocenters. The number of aliphatic hydroxyl groups excluding tert-OH is 2. The molecule has 0 heterocycles. The van der Waals surface area contributed by atoms with E-state index in [0.717, 1.165) is 0 Å². The molecule has 11 nitrogen and oxygen atoms in total. The number of carbonyl (C=O) groups is 4. The van der Waals surface area contributed by atoms with Crippen LogP contribution < -0.4 is 11.1 Å². The maximum atomic E-state index is 11.3. The van der Waals surface area contributed by atoms with Gasteiger partial charge in [-0.05, 0) is 0 Å². The largest absolute Gasteiger partial charge is 0.481 e. The van der Waals surface area contributed by atoms with E-state index < -0.39 is 47.8 Å². The van der Waals surface area contributed by atoms with Gasteiger partial charge in [0.2, 0.25) is 5.91 Å². The fourth-order valence-electron chi connectivity index (χ4n) is 1.11. The third kappa shape index (κ3) is 11.3. The average molecular weight is 352 g/mol. The van der Waals surface area contributed by atoms with E-state index in [4.69, 9.17) is 26.2 Å². The molecule has 1 amide bonds. The van der Waals surface area contributed by atoms with Crippen LogP contribution in [0.4, 0.5) is 0 Å². The summed E-state index contributed by atoms with van der Waals surface area (Å²) in [7, 11) is 0. The molecule has 11 heteroatoms. The number of nitrogens with one attached hydrogen (secondary N) is 1. The lowest BCUT2D eigenvalue weighted by atomic mass is 9.87. The fourth-order valence-corrected chi connectivity index (χ4v) is 1.11. The summed E-state index contributed by atoms with van der Waals surface area (Å²) < 4.78 is 0. The maximum Gasteiger partial charge on any atom is 0.321 e. The van der Waals surface area contributed by atoms with Crippen LogP contribution >= 0.6 is 0 Å². The number of carboxylic acids is 3. The standard InChI is InChI=1S/C9H17NO5.C4H7NO4/c1-9(2,5-11)7(14)8(15)10-4-3-6(12)13;5-2(4(8)9)1-3(6)7/h7,11,14H,3-5H2,1-2H3,(H,10,15)(H,12,13);2H,1,5H2,(H,6,7)(H,8,9)/t7-;2-/m00/s1. The van der Waals surface area contributed by atoms with E-state index in [9.17, 15) is 24.3 Å². The lowest BCUT2D eigenvalue weighted by molar-refractivity contribution is -0.144. The van der Waals surface area contributed by atoms with Crippen molar-refractivity contribution in [2.75, 3.05) is 13.2 Å². The highest BCUT2D eigenvalue weighted by atomic mass is 16.4. The molecule has 0 rings (SSSR count). The van der Waals surface area contributed by atoms with Crippen LogP contribution in [0, 0.1) is 5.41 Å². The third-order valence-corrected chi connectivity index (χ3v) is 2.75. The van der Waals surface area contributed by atoms with Crippen molar-refractivity contribution in [3.05, 3.63) is 0 Å². The molecular weight excluding hydrogens is 328 g/mol. The first kappa shape index (κ1) is 24.0. The number of aliphatic carboxylic acids is 3. The predicted molar refractivity (Wildman–Crippen MR) is 80.0 cm³/mol. The summed E-state index contributed by atoms with van der Waals surface area (Å²) in [6.07, 6.45) is -2.08. The van der Waals surface area contributed by atoms with E-state index in [0.29, 0.717) is 0 Å². The topological polar surface area (TPSA) is 207 Å². The third-order valence-electron chi connectivity index (χ3n) is 2.75. The Labute approximate surface area is 138 Å². The Morgan fingerprint density at radius 2 is 1.58 bits per heavy atom. The van der Waals surface area contributed by atoms with Gasteiger partial charge in [0, 0.05) is 12.0 Å². The SMILES string of the molecule is CC(C)(CO)[C@@H](O)C(=O)NCCC(=O)O.N[C@@H](CC(=O)O)C(=O)O. The molecule has 0 fully saturated rings. The first-order valence-corrected chi connectivity index (χ1v) is 6.83. The molecule has 0 aromatic carbocycles. The van der Waals surface area contributed by atoms with Gasteiger partial charge in [-0.25, -0.2) is 0 Å². The first-order valence-electron chi connectivity index (χ1n) is 6.83. The zero-order valence-corrected chi connectivity index (χ0v) is 13.4. The van der Waals surface area contributed by atoms with Gasteiger partial charge in [0.1, 0.15) is 12.1 Å². The Bertz CT molecular complexity index is 451. The highest BCUT2D eigenvalue weighted by Gasteiger charge is 2.32. The zero-order valence-electron chi connectivity index (χ0n) is 13.4. The van der Waals surface area contributed by atoms with Gasteiger partial charge in [0.15, 0.2) is 0 Å². The maximum absolute atomic E-state index is 11.3. The Hall–Kier alpha value is -2.24. The fraction of sp³-hybridized carbons (Fsp3) is 0.692. The second-order valence-electron chi connectivity index (χ2n) is 5.53. The van der Waals surface area contributed by atoms with Crippen molar-refractivity contribution in [1.29, 1.82) is 0 Å². The van der Waals surface area contributed by atoms with E-state index in [1.54, 1.807) is 0 Å². The van der Waals surface area contributed by atoms with Gasteiger partial charge in [0.05, 0.1) is 19.4 Å². The van der Waals surface area contributed by atoms with Crippen LogP contribution in [0.3, 0.4) is 0 Å². The van der Waals surface area contributed by atoms with Crippen LogP contribution in [0.1, 0.15) is 26.7 Å². The molecule has 8 N–H and O–H groups in total. The summed E-state index contributed by atoms with van der Waals surface area (Å²) in [5.41, 5.74) is 3.90. The normalized spacial score (nSPS) is 13.0. The van der Waals surface area contributed by atoms with Gasteiger partial charge in [-0.2, -0.15) is 0 Å².